The highest BCUT2D eigenvalue weighted by Crippen LogP contribution is 2.28. The van der Waals surface area contributed by atoms with Crippen molar-refractivity contribution < 1.29 is 17.9 Å². The molecule has 19 heavy (non-hydrogen) atoms. The van der Waals surface area contributed by atoms with E-state index in [1.54, 1.807) is 18.0 Å². The minimum absolute atomic E-state index is 0.0520. The van der Waals surface area contributed by atoms with Gasteiger partial charge in [0, 0.05) is 18.3 Å². The molecule has 1 fully saturated rings. The van der Waals surface area contributed by atoms with Crippen molar-refractivity contribution in [3.63, 3.8) is 0 Å². The number of hydrogen-bond acceptors (Lipinski definition) is 4. The fourth-order valence-corrected chi connectivity index (χ4v) is 2.05. The second-order valence-electron chi connectivity index (χ2n) is 4.47. The first-order chi connectivity index (χ1) is 8.91. The van der Waals surface area contributed by atoms with E-state index in [9.17, 15) is 13.2 Å². The minimum Gasteiger partial charge on any atom is -0.365 e. The molecule has 4 nitrogen and oxygen atoms in total. The summed E-state index contributed by atoms with van der Waals surface area (Å²) in [6, 6.07) is 0. The highest BCUT2D eigenvalue weighted by molar-refractivity contribution is 5.46. The fourth-order valence-electron chi connectivity index (χ4n) is 2.05. The number of alkyl halides is 3. The zero-order valence-corrected chi connectivity index (χ0v) is 10.9. The van der Waals surface area contributed by atoms with Crippen LogP contribution in [-0.4, -0.2) is 41.9 Å². The number of halogens is 3. The van der Waals surface area contributed by atoms with Crippen LogP contribution in [0.25, 0.3) is 0 Å². The van der Waals surface area contributed by atoms with E-state index in [-0.39, 0.29) is 13.2 Å². The maximum Gasteiger partial charge on any atom is 0.416 e. The highest BCUT2D eigenvalue weighted by Gasteiger charge is 2.43. The van der Waals surface area contributed by atoms with Gasteiger partial charge in [0.05, 0.1) is 13.2 Å². The lowest BCUT2D eigenvalue weighted by atomic mass is 10.2. The zero-order chi connectivity index (χ0) is 14.0. The van der Waals surface area contributed by atoms with Gasteiger partial charge in [-0.15, -0.1) is 0 Å². The third-order valence-corrected chi connectivity index (χ3v) is 3.07. The van der Waals surface area contributed by atoms with Gasteiger partial charge in [0.15, 0.2) is 6.10 Å². The van der Waals surface area contributed by atoms with Gasteiger partial charge < -0.3 is 9.64 Å². The smallest absolute Gasteiger partial charge is 0.365 e. The molecule has 0 radical (unpaired) electrons. The Morgan fingerprint density at radius 1 is 1.47 bits per heavy atom. The van der Waals surface area contributed by atoms with Crippen LogP contribution in [0.2, 0.25) is 0 Å². The van der Waals surface area contributed by atoms with E-state index in [0.29, 0.717) is 24.6 Å². The molecule has 0 amide bonds. The first kappa shape index (κ1) is 14.0. The SMILES string of the molecule is CCc1cnc(C)nc1N1CCO[C@H](C(F)(F)F)C1. The van der Waals surface area contributed by atoms with Crippen molar-refractivity contribution in [3.05, 3.63) is 17.6 Å². The maximum absolute atomic E-state index is 12.7. The summed E-state index contributed by atoms with van der Waals surface area (Å²) in [7, 11) is 0. The Kier molecular flexibility index (Phi) is 3.93. The lowest BCUT2D eigenvalue weighted by molar-refractivity contribution is -0.221. The Morgan fingerprint density at radius 2 is 2.21 bits per heavy atom. The fraction of sp³-hybridized carbons (Fsp3) is 0.667. The number of nitrogens with zero attached hydrogens (tertiary/aromatic N) is 3. The molecule has 0 N–H and O–H groups in total. The second-order valence-corrected chi connectivity index (χ2v) is 4.47. The zero-order valence-electron chi connectivity index (χ0n) is 10.9. The van der Waals surface area contributed by atoms with Crippen molar-refractivity contribution in [2.75, 3.05) is 24.6 Å². The van der Waals surface area contributed by atoms with Gasteiger partial charge in [-0.1, -0.05) is 6.92 Å². The summed E-state index contributed by atoms with van der Waals surface area (Å²) < 4.78 is 42.9. The molecule has 0 spiro atoms. The summed E-state index contributed by atoms with van der Waals surface area (Å²) in [6.45, 7) is 3.91. The number of anilines is 1. The molecule has 1 atom stereocenters. The van der Waals surface area contributed by atoms with Crippen LogP contribution in [0.5, 0.6) is 0 Å². The minimum atomic E-state index is -4.34. The number of rotatable bonds is 2. The number of aryl methyl sites for hydroxylation is 2. The molecule has 106 valence electrons. The van der Waals surface area contributed by atoms with Gasteiger partial charge in [-0.2, -0.15) is 13.2 Å². The maximum atomic E-state index is 12.7. The molecule has 1 aromatic rings. The van der Waals surface area contributed by atoms with Crippen LogP contribution in [0.3, 0.4) is 0 Å². The van der Waals surface area contributed by atoms with Crippen molar-refractivity contribution in [2.24, 2.45) is 0 Å². The summed E-state index contributed by atoms with van der Waals surface area (Å²) in [6.07, 6.45) is -3.73. The predicted molar refractivity (Wildman–Crippen MR) is 64.2 cm³/mol. The summed E-state index contributed by atoms with van der Waals surface area (Å²) in [4.78, 5) is 9.99. The monoisotopic (exact) mass is 275 g/mol. The van der Waals surface area contributed by atoms with Crippen molar-refractivity contribution in [1.29, 1.82) is 0 Å². The van der Waals surface area contributed by atoms with Gasteiger partial charge >= 0.3 is 6.18 Å². The number of morpholine rings is 1. The van der Waals surface area contributed by atoms with Crippen LogP contribution in [0.15, 0.2) is 6.20 Å². The standard InChI is InChI=1S/C12H16F3N3O/c1-3-9-6-16-8(2)17-11(9)18-4-5-19-10(7-18)12(13,14)15/h6,10H,3-5,7H2,1-2H3/t10-/m0/s1. The van der Waals surface area contributed by atoms with Crippen LogP contribution in [0.4, 0.5) is 19.0 Å². The molecule has 1 saturated heterocycles. The van der Waals surface area contributed by atoms with Crippen LogP contribution in [-0.2, 0) is 11.2 Å². The molecule has 0 aliphatic carbocycles. The van der Waals surface area contributed by atoms with Gasteiger partial charge in [-0.3, -0.25) is 0 Å². The van der Waals surface area contributed by atoms with Gasteiger partial charge in [0.25, 0.3) is 0 Å². The molecule has 0 unspecified atom stereocenters. The molecule has 0 bridgehead atoms. The van der Waals surface area contributed by atoms with Crippen molar-refractivity contribution in [1.82, 2.24) is 9.97 Å². The summed E-state index contributed by atoms with van der Waals surface area (Å²) >= 11 is 0. The highest BCUT2D eigenvalue weighted by atomic mass is 19.4. The molecule has 2 rings (SSSR count). The van der Waals surface area contributed by atoms with E-state index in [1.807, 2.05) is 6.92 Å². The van der Waals surface area contributed by atoms with Gasteiger partial charge in [0.1, 0.15) is 11.6 Å². The summed E-state index contributed by atoms with van der Waals surface area (Å²) in [5.41, 5.74) is 0.855. The van der Waals surface area contributed by atoms with Gasteiger partial charge in [0.2, 0.25) is 0 Å². The van der Waals surface area contributed by atoms with Crippen LogP contribution < -0.4 is 4.90 Å². The Balaban J connectivity index is 2.24. The lowest BCUT2D eigenvalue weighted by Crippen LogP contribution is -2.49. The molecular weight excluding hydrogens is 259 g/mol. The average Bonchev–Trinajstić information content (AvgIpc) is 2.38. The van der Waals surface area contributed by atoms with E-state index >= 15 is 0 Å². The van der Waals surface area contributed by atoms with Crippen molar-refractivity contribution in [2.45, 2.75) is 32.5 Å². The third kappa shape index (κ3) is 3.15. The van der Waals surface area contributed by atoms with E-state index in [4.69, 9.17) is 4.74 Å². The summed E-state index contributed by atoms with van der Waals surface area (Å²) in [5, 5.41) is 0. The van der Waals surface area contributed by atoms with Crippen LogP contribution in [0, 0.1) is 6.92 Å². The Bertz CT molecular complexity index is 450. The van der Waals surface area contributed by atoms with Gasteiger partial charge in [-0.05, 0) is 13.3 Å². The number of ether oxygens (including phenoxy) is 1. The first-order valence-corrected chi connectivity index (χ1v) is 6.17. The molecule has 1 aliphatic rings. The van der Waals surface area contributed by atoms with Crippen LogP contribution in [0.1, 0.15) is 18.3 Å². The number of hydrogen-bond donors (Lipinski definition) is 0. The normalized spacial score (nSPS) is 20.7. The Hall–Kier alpha value is -1.37. The van der Waals surface area contributed by atoms with E-state index in [1.165, 1.54) is 0 Å². The van der Waals surface area contributed by atoms with Crippen LogP contribution >= 0.6 is 0 Å². The lowest BCUT2D eigenvalue weighted by Gasteiger charge is -2.35. The summed E-state index contributed by atoms with van der Waals surface area (Å²) in [5.74, 6) is 1.15. The second kappa shape index (κ2) is 5.32. The van der Waals surface area contributed by atoms with Crippen molar-refractivity contribution in [3.8, 4) is 0 Å². The molecule has 0 saturated carbocycles. The molecular formula is C12H16F3N3O. The van der Waals surface area contributed by atoms with E-state index < -0.39 is 12.3 Å². The third-order valence-electron chi connectivity index (χ3n) is 3.07. The molecule has 2 heterocycles. The quantitative estimate of drug-likeness (QED) is 0.828. The van der Waals surface area contributed by atoms with Crippen molar-refractivity contribution >= 4 is 5.82 Å². The predicted octanol–water partition coefficient (Wildman–Crippen LogP) is 2.11. The molecule has 1 aliphatic heterocycles. The topological polar surface area (TPSA) is 38.2 Å². The Labute approximate surface area is 109 Å². The Morgan fingerprint density at radius 3 is 2.84 bits per heavy atom. The molecule has 7 heteroatoms. The van der Waals surface area contributed by atoms with Gasteiger partial charge in [-0.25, -0.2) is 9.97 Å². The number of aromatic nitrogens is 2. The van der Waals surface area contributed by atoms with E-state index in [2.05, 4.69) is 9.97 Å². The molecule has 0 aromatic carbocycles. The molecule has 1 aromatic heterocycles. The largest absolute Gasteiger partial charge is 0.416 e. The van der Waals surface area contributed by atoms with E-state index in [0.717, 1.165) is 5.56 Å². The first-order valence-electron chi connectivity index (χ1n) is 6.17. The average molecular weight is 275 g/mol.